The molecule has 10 heteroatoms. The first kappa shape index (κ1) is 15.9. The minimum Gasteiger partial charge on any atom is -0.495 e. The van der Waals surface area contributed by atoms with E-state index in [2.05, 4.69) is 19.9 Å². The summed E-state index contributed by atoms with van der Waals surface area (Å²) in [7, 11) is -2.50. The van der Waals surface area contributed by atoms with E-state index in [-0.39, 0.29) is 21.6 Å². The monoisotopic (exact) mass is 348 g/mol. The van der Waals surface area contributed by atoms with Gasteiger partial charge in [-0.15, -0.1) is 5.10 Å². The molecule has 1 heterocycles. The molecule has 0 saturated heterocycles. The lowest BCUT2D eigenvalue weighted by atomic mass is 10.3. The maximum Gasteiger partial charge on any atom is 0.267 e. The van der Waals surface area contributed by atoms with E-state index in [4.69, 9.17) is 16.3 Å². The number of nitrogens with one attached hydrogen (secondary N) is 2. The number of hydrogen-bond donors (Lipinski definition) is 2. The van der Waals surface area contributed by atoms with Gasteiger partial charge in [0.25, 0.3) is 10.0 Å². The summed E-state index contributed by atoms with van der Waals surface area (Å²) in [6.45, 7) is 1.95. The Balaban J connectivity index is 2.31. The molecule has 2 N–H and O–H groups in total. The number of anilines is 1. The average Bonchev–Trinajstić information content (AvgIpc) is 2.86. The Morgan fingerprint density at radius 1 is 1.48 bits per heavy atom. The van der Waals surface area contributed by atoms with E-state index >= 15 is 0 Å². The number of halogens is 1. The number of sulfonamides is 1. The van der Waals surface area contributed by atoms with Crippen LogP contribution in [0.2, 0.25) is 5.02 Å². The molecule has 1 aromatic heterocycles. The van der Waals surface area contributed by atoms with E-state index in [0.29, 0.717) is 5.16 Å². The van der Waals surface area contributed by atoms with Gasteiger partial charge in [-0.3, -0.25) is 0 Å². The molecule has 0 aliphatic heterocycles. The molecular weight excluding hydrogens is 336 g/mol. The van der Waals surface area contributed by atoms with Crippen molar-refractivity contribution < 1.29 is 13.2 Å². The Morgan fingerprint density at radius 3 is 2.90 bits per heavy atom. The fraction of sp³-hybridized carbons (Fsp3) is 0.273. The largest absolute Gasteiger partial charge is 0.495 e. The first-order valence-electron chi connectivity index (χ1n) is 5.88. The van der Waals surface area contributed by atoms with Crippen LogP contribution in [0.5, 0.6) is 5.75 Å². The Morgan fingerprint density at radius 2 is 2.24 bits per heavy atom. The molecule has 0 bridgehead atoms. The molecule has 21 heavy (non-hydrogen) atoms. The summed E-state index contributed by atoms with van der Waals surface area (Å²) in [5, 5.41) is 7.16. The smallest absolute Gasteiger partial charge is 0.267 e. The second-order valence-corrected chi connectivity index (χ2v) is 7.12. The second-order valence-electron chi connectivity index (χ2n) is 3.80. The van der Waals surface area contributed by atoms with Gasteiger partial charge in [-0.2, -0.15) is 4.98 Å². The summed E-state index contributed by atoms with van der Waals surface area (Å²) < 4.78 is 32.1. The van der Waals surface area contributed by atoms with Crippen LogP contribution < -0.4 is 9.46 Å². The van der Waals surface area contributed by atoms with Crippen molar-refractivity contribution in [1.82, 2.24) is 15.2 Å². The van der Waals surface area contributed by atoms with Crippen LogP contribution in [-0.2, 0) is 10.0 Å². The lowest BCUT2D eigenvalue weighted by Crippen LogP contribution is -2.15. The fourth-order valence-electron chi connectivity index (χ4n) is 1.53. The number of H-pyrrole nitrogens is 1. The third-order valence-electron chi connectivity index (χ3n) is 2.38. The molecule has 0 unspecified atom stereocenters. The number of ether oxygens (including phenoxy) is 1. The minimum absolute atomic E-state index is 0.0352. The first-order chi connectivity index (χ1) is 9.96. The van der Waals surface area contributed by atoms with E-state index in [1.807, 2.05) is 6.92 Å². The molecule has 2 aromatic rings. The molecule has 1 aromatic carbocycles. The molecule has 0 saturated carbocycles. The highest BCUT2D eigenvalue weighted by molar-refractivity contribution is 7.99. The summed E-state index contributed by atoms with van der Waals surface area (Å²) in [6.07, 6.45) is 0. The Bertz CT molecular complexity index is 733. The molecule has 0 aliphatic carbocycles. The zero-order valence-corrected chi connectivity index (χ0v) is 13.6. The van der Waals surface area contributed by atoms with Crippen molar-refractivity contribution in [3.8, 4) is 5.75 Å². The van der Waals surface area contributed by atoms with Crippen LogP contribution in [0.25, 0.3) is 0 Å². The van der Waals surface area contributed by atoms with Gasteiger partial charge in [-0.05, 0) is 24.0 Å². The standard InChI is InChI=1S/C11H13ClN4O3S2/c1-3-20-11-13-10(14-15-11)16-21(17,18)9-6-7(12)4-5-8(9)19-2/h4-6H,3H2,1-2H3,(H2,13,14,15,16). The van der Waals surface area contributed by atoms with Crippen molar-refractivity contribution in [1.29, 1.82) is 0 Å². The zero-order valence-electron chi connectivity index (χ0n) is 11.3. The van der Waals surface area contributed by atoms with Crippen LogP contribution in [0.1, 0.15) is 6.92 Å². The van der Waals surface area contributed by atoms with E-state index in [0.717, 1.165) is 5.75 Å². The van der Waals surface area contributed by atoms with Gasteiger partial charge in [-0.25, -0.2) is 18.2 Å². The van der Waals surface area contributed by atoms with Gasteiger partial charge in [0.1, 0.15) is 10.6 Å². The molecule has 0 spiro atoms. The molecule has 0 aliphatic rings. The van der Waals surface area contributed by atoms with Crippen LogP contribution in [0, 0.1) is 0 Å². The van der Waals surface area contributed by atoms with Gasteiger partial charge >= 0.3 is 0 Å². The third kappa shape index (κ3) is 3.80. The number of thioether (sulfide) groups is 1. The van der Waals surface area contributed by atoms with Gasteiger partial charge in [-0.1, -0.05) is 30.3 Å². The first-order valence-corrected chi connectivity index (χ1v) is 8.72. The highest BCUT2D eigenvalue weighted by atomic mass is 35.5. The van der Waals surface area contributed by atoms with Crippen molar-refractivity contribution in [3.63, 3.8) is 0 Å². The van der Waals surface area contributed by atoms with Crippen molar-refractivity contribution in [2.24, 2.45) is 0 Å². The van der Waals surface area contributed by atoms with Crippen LogP contribution in [0.15, 0.2) is 28.3 Å². The number of rotatable bonds is 6. The molecule has 2 rings (SSSR count). The third-order valence-corrected chi connectivity index (χ3v) is 4.71. The van der Waals surface area contributed by atoms with Gasteiger partial charge in [0, 0.05) is 5.02 Å². The normalized spacial score (nSPS) is 11.4. The minimum atomic E-state index is -3.88. The van der Waals surface area contributed by atoms with Crippen LogP contribution in [0.3, 0.4) is 0 Å². The zero-order chi connectivity index (χ0) is 15.5. The number of nitrogens with zero attached hydrogens (tertiary/aromatic N) is 2. The number of methoxy groups -OCH3 is 1. The Labute approximate surface area is 131 Å². The molecule has 0 radical (unpaired) electrons. The summed E-state index contributed by atoms with van der Waals surface area (Å²) >= 11 is 7.24. The molecule has 0 amide bonds. The maximum absolute atomic E-state index is 12.4. The van der Waals surface area contributed by atoms with Gasteiger partial charge in [0.05, 0.1) is 7.11 Å². The maximum atomic E-state index is 12.4. The average molecular weight is 349 g/mol. The van der Waals surface area contributed by atoms with Crippen molar-refractivity contribution in [2.75, 3.05) is 17.6 Å². The lowest BCUT2D eigenvalue weighted by molar-refractivity contribution is 0.403. The predicted molar refractivity (Wildman–Crippen MR) is 81.6 cm³/mol. The molecule has 7 nitrogen and oxygen atoms in total. The van der Waals surface area contributed by atoms with Crippen LogP contribution >= 0.6 is 23.4 Å². The topological polar surface area (TPSA) is 97.0 Å². The van der Waals surface area contributed by atoms with Crippen molar-refractivity contribution in [3.05, 3.63) is 23.2 Å². The number of aromatic nitrogens is 3. The summed E-state index contributed by atoms with van der Waals surface area (Å²) in [5.74, 6) is 1.01. The second kappa shape index (κ2) is 6.54. The van der Waals surface area contributed by atoms with Crippen molar-refractivity contribution in [2.45, 2.75) is 17.0 Å². The van der Waals surface area contributed by atoms with E-state index in [9.17, 15) is 8.42 Å². The van der Waals surface area contributed by atoms with Gasteiger partial charge in [0.2, 0.25) is 11.1 Å². The van der Waals surface area contributed by atoms with Crippen LogP contribution in [0.4, 0.5) is 5.95 Å². The highest BCUT2D eigenvalue weighted by Gasteiger charge is 2.21. The van der Waals surface area contributed by atoms with E-state index < -0.39 is 10.0 Å². The molecular formula is C11H13ClN4O3S2. The highest BCUT2D eigenvalue weighted by Crippen LogP contribution is 2.28. The van der Waals surface area contributed by atoms with Gasteiger partial charge in [0.15, 0.2) is 0 Å². The Kier molecular flexibility index (Phi) is 4.96. The lowest BCUT2D eigenvalue weighted by Gasteiger charge is -2.10. The van der Waals surface area contributed by atoms with E-state index in [1.54, 1.807) is 6.07 Å². The Hall–Kier alpha value is -1.45. The summed E-state index contributed by atoms with van der Waals surface area (Å²) in [5.41, 5.74) is 0. The summed E-state index contributed by atoms with van der Waals surface area (Å²) in [6, 6.07) is 4.33. The molecule has 114 valence electrons. The SMILES string of the molecule is CCSc1n[nH]c(NS(=O)(=O)c2cc(Cl)ccc2OC)n1. The predicted octanol–water partition coefficient (Wildman–Crippen LogP) is 2.38. The molecule has 0 atom stereocenters. The van der Waals surface area contributed by atoms with E-state index in [1.165, 1.54) is 31.0 Å². The number of hydrogen-bond acceptors (Lipinski definition) is 6. The van der Waals surface area contributed by atoms with Crippen molar-refractivity contribution >= 4 is 39.3 Å². The summed E-state index contributed by atoms with van der Waals surface area (Å²) in [4.78, 5) is 3.95. The quantitative estimate of drug-likeness (QED) is 0.778. The number of aromatic amines is 1. The van der Waals surface area contributed by atoms with Crippen LogP contribution in [-0.4, -0.2) is 36.5 Å². The number of benzene rings is 1. The fourth-order valence-corrected chi connectivity index (χ4v) is 3.44. The molecule has 0 fully saturated rings. The van der Waals surface area contributed by atoms with Gasteiger partial charge < -0.3 is 4.74 Å².